The highest BCUT2D eigenvalue weighted by atomic mass is 16.3. The highest BCUT2D eigenvalue weighted by Gasteiger charge is 2.51. The zero-order valence-corrected chi connectivity index (χ0v) is 21.9. The molecule has 0 unspecified atom stereocenters. The molecule has 2 aliphatic rings. The number of carbonyl (C=O) groups is 1. The number of nitrogens with one attached hydrogen (secondary N) is 2. The highest BCUT2D eigenvalue weighted by Crippen LogP contribution is 2.46. The summed E-state index contributed by atoms with van der Waals surface area (Å²) in [6.07, 6.45) is 14.3. The number of hydrogen-bond donors (Lipinski definition) is 3. The number of aliphatic hydroxyl groups is 1. The normalized spacial score (nSPS) is 23.3. The molecule has 6 rings (SSSR count). The van der Waals surface area contributed by atoms with Crippen LogP contribution < -0.4 is 10.6 Å². The van der Waals surface area contributed by atoms with E-state index in [0.29, 0.717) is 42.1 Å². The van der Waals surface area contributed by atoms with Crippen LogP contribution in [0.5, 0.6) is 0 Å². The van der Waals surface area contributed by atoms with E-state index < -0.39 is 11.1 Å². The van der Waals surface area contributed by atoms with Crippen molar-refractivity contribution in [3.63, 3.8) is 0 Å². The highest BCUT2D eigenvalue weighted by molar-refractivity contribution is 5.94. The molecule has 4 aromatic rings. The fraction of sp³-hybridized carbons (Fsp3) is 0.429. The molecule has 0 aromatic carbocycles. The number of carbonyl (C=O) groups excluding carboxylic acids is 1. The van der Waals surface area contributed by atoms with Crippen molar-refractivity contribution < 1.29 is 9.90 Å². The summed E-state index contributed by atoms with van der Waals surface area (Å²) in [6.45, 7) is 3.64. The van der Waals surface area contributed by atoms with E-state index in [1.54, 1.807) is 41.3 Å². The molecule has 11 heteroatoms. The van der Waals surface area contributed by atoms with Gasteiger partial charge >= 0.3 is 0 Å². The summed E-state index contributed by atoms with van der Waals surface area (Å²) in [4.78, 5) is 21.8. The number of amides is 1. The third-order valence-electron chi connectivity index (χ3n) is 8.15. The molecule has 1 amide bonds. The Morgan fingerprint density at radius 3 is 2.77 bits per heavy atom. The van der Waals surface area contributed by atoms with Crippen LogP contribution in [-0.4, -0.2) is 57.6 Å². The first-order chi connectivity index (χ1) is 18.8. The van der Waals surface area contributed by atoms with Crippen molar-refractivity contribution >= 4 is 17.2 Å². The molecule has 3 atom stereocenters. The summed E-state index contributed by atoms with van der Waals surface area (Å²) >= 11 is 0. The number of imidazole rings is 1. The second-order valence-corrected chi connectivity index (χ2v) is 11.2. The third kappa shape index (κ3) is 4.72. The maximum Gasteiger partial charge on any atom is 0.253 e. The van der Waals surface area contributed by atoms with Gasteiger partial charge in [-0.2, -0.15) is 15.5 Å². The molecule has 0 spiro atoms. The number of nitrogens with zero attached hydrogens (tertiary/aromatic N) is 7. The Hall–Kier alpha value is -4.30. The van der Waals surface area contributed by atoms with Crippen LogP contribution in [0.3, 0.4) is 0 Å². The molecule has 2 aliphatic carbocycles. The summed E-state index contributed by atoms with van der Waals surface area (Å²) < 4.78 is 3.71. The van der Waals surface area contributed by atoms with E-state index in [-0.39, 0.29) is 17.9 Å². The van der Waals surface area contributed by atoms with E-state index in [0.717, 1.165) is 24.2 Å². The fourth-order valence-corrected chi connectivity index (χ4v) is 5.70. The van der Waals surface area contributed by atoms with Crippen LogP contribution in [0.1, 0.15) is 79.5 Å². The maximum atomic E-state index is 13.2. The van der Waals surface area contributed by atoms with Gasteiger partial charge in [-0.05, 0) is 58.1 Å². The molecular weight excluding hydrogens is 494 g/mol. The van der Waals surface area contributed by atoms with Crippen LogP contribution in [0.4, 0.5) is 5.69 Å². The summed E-state index contributed by atoms with van der Waals surface area (Å²) in [7, 11) is 0. The molecule has 4 aromatic heterocycles. The van der Waals surface area contributed by atoms with Crippen molar-refractivity contribution in [1.82, 2.24) is 34.7 Å². The average molecular weight is 526 g/mol. The zero-order valence-electron chi connectivity index (χ0n) is 21.9. The van der Waals surface area contributed by atoms with Gasteiger partial charge in [0.05, 0.1) is 58.3 Å². The molecule has 0 aliphatic heterocycles. The molecule has 11 nitrogen and oxygen atoms in total. The molecule has 0 saturated heterocycles. The minimum absolute atomic E-state index is 0.207. The zero-order chi connectivity index (χ0) is 27.2. The first-order valence-corrected chi connectivity index (χ1v) is 13.3. The SMILES string of the molecule is CC(C)(O)[C@@]1(Nc2cnn(C3CC3)c2)CC[C@@H](NC(=O)c2cccnc2)[C@H](c2cnc3cc(C#N)cnn23)C1. The Bertz CT molecular complexity index is 1540. The third-order valence-corrected chi connectivity index (χ3v) is 8.15. The van der Waals surface area contributed by atoms with Crippen molar-refractivity contribution in [2.75, 3.05) is 5.32 Å². The quantitative estimate of drug-likeness (QED) is 0.333. The van der Waals surface area contributed by atoms with Gasteiger partial charge in [-0.3, -0.25) is 14.5 Å². The first kappa shape index (κ1) is 25.0. The molecule has 4 heterocycles. The summed E-state index contributed by atoms with van der Waals surface area (Å²) in [5.41, 5.74) is 1.29. The van der Waals surface area contributed by atoms with E-state index >= 15 is 0 Å². The van der Waals surface area contributed by atoms with Crippen LogP contribution in [0, 0.1) is 11.3 Å². The van der Waals surface area contributed by atoms with Crippen LogP contribution in [-0.2, 0) is 0 Å². The lowest BCUT2D eigenvalue weighted by Crippen LogP contribution is -2.61. The molecule has 200 valence electrons. The second kappa shape index (κ2) is 9.47. The number of hydrogen-bond acceptors (Lipinski definition) is 8. The van der Waals surface area contributed by atoms with Gasteiger partial charge in [-0.25, -0.2) is 9.50 Å². The van der Waals surface area contributed by atoms with Gasteiger partial charge in [0.15, 0.2) is 5.65 Å². The predicted octanol–water partition coefficient (Wildman–Crippen LogP) is 3.22. The van der Waals surface area contributed by atoms with Crippen LogP contribution in [0.2, 0.25) is 0 Å². The standard InChI is InChI=1S/C28H31N9O2/c1-27(2,39)28(35-20-15-32-36(17-20)21-5-6-21)8-7-23(34-26(38)19-4-3-9-30-14-19)22(11-28)24-16-31-25-10-18(12-29)13-33-37(24)25/h3-4,9-10,13-17,21-23,35,39H,5-8,11H2,1-2H3,(H,34,38)/t22-,23-,28-/m1/s1. The fourth-order valence-electron chi connectivity index (χ4n) is 5.70. The van der Waals surface area contributed by atoms with Crippen LogP contribution in [0.25, 0.3) is 5.65 Å². The van der Waals surface area contributed by atoms with Gasteiger partial charge < -0.3 is 15.7 Å². The number of fused-ring (bicyclic) bond motifs is 1. The van der Waals surface area contributed by atoms with Gasteiger partial charge in [0.25, 0.3) is 5.91 Å². The Balaban J connectivity index is 1.37. The van der Waals surface area contributed by atoms with Crippen molar-refractivity contribution in [3.05, 3.63) is 72.2 Å². The number of nitriles is 1. The molecule has 2 saturated carbocycles. The minimum Gasteiger partial charge on any atom is -0.388 e. The van der Waals surface area contributed by atoms with Gasteiger partial charge in [-0.1, -0.05) is 0 Å². The lowest BCUT2D eigenvalue weighted by atomic mass is 9.65. The number of pyridine rings is 1. The minimum atomic E-state index is -1.10. The van der Waals surface area contributed by atoms with Crippen molar-refractivity contribution in [2.24, 2.45) is 0 Å². The Kier molecular flexibility index (Phi) is 6.07. The van der Waals surface area contributed by atoms with E-state index in [9.17, 15) is 15.2 Å². The van der Waals surface area contributed by atoms with Crippen molar-refractivity contribution in [2.45, 2.75) is 75.1 Å². The summed E-state index contributed by atoms with van der Waals surface area (Å²) in [5.74, 6) is -0.451. The topological polar surface area (TPSA) is 146 Å². The van der Waals surface area contributed by atoms with Gasteiger partial charge in [-0.15, -0.1) is 0 Å². The Morgan fingerprint density at radius 1 is 1.21 bits per heavy atom. The molecule has 2 fully saturated rings. The lowest BCUT2D eigenvalue weighted by Gasteiger charge is -2.51. The van der Waals surface area contributed by atoms with Crippen molar-refractivity contribution in [1.29, 1.82) is 5.26 Å². The summed E-state index contributed by atoms with van der Waals surface area (Å²) in [5, 5.41) is 36.8. The smallest absolute Gasteiger partial charge is 0.253 e. The van der Waals surface area contributed by atoms with Crippen LogP contribution in [0.15, 0.2) is 55.4 Å². The van der Waals surface area contributed by atoms with Crippen LogP contribution >= 0.6 is 0 Å². The van der Waals surface area contributed by atoms with E-state index in [4.69, 9.17) is 0 Å². The monoisotopic (exact) mass is 525 g/mol. The first-order valence-electron chi connectivity index (χ1n) is 13.3. The molecular formula is C28H31N9O2. The lowest BCUT2D eigenvalue weighted by molar-refractivity contribution is -0.0172. The molecule has 39 heavy (non-hydrogen) atoms. The molecule has 0 bridgehead atoms. The number of rotatable bonds is 7. The number of anilines is 1. The summed E-state index contributed by atoms with van der Waals surface area (Å²) in [6, 6.07) is 7.47. The molecule has 0 radical (unpaired) electrons. The van der Waals surface area contributed by atoms with Gasteiger partial charge in [0, 0.05) is 36.6 Å². The second-order valence-electron chi connectivity index (χ2n) is 11.2. The maximum absolute atomic E-state index is 13.2. The average Bonchev–Trinajstić information content (AvgIpc) is 3.54. The van der Waals surface area contributed by atoms with Gasteiger partial charge in [0.2, 0.25) is 0 Å². The number of aromatic nitrogens is 6. The van der Waals surface area contributed by atoms with E-state index in [2.05, 4.69) is 36.9 Å². The predicted molar refractivity (Wildman–Crippen MR) is 143 cm³/mol. The largest absolute Gasteiger partial charge is 0.388 e. The van der Waals surface area contributed by atoms with E-state index in [1.807, 2.05) is 30.9 Å². The van der Waals surface area contributed by atoms with E-state index in [1.165, 1.54) is 6.20 Å². The Morgan fingerprint density at radius 2 is 2.05 bits per heavy atom. The molecule has 3 N–H and O–H groups in total. The van der Waals surface area contributed by atoms with Gasteiger partial charge in [0.1, 0.15) is 6.07 Å². The Labute approximate surface area is 225 Å². The van der Waals surface area contributed by atoms with Crippen molar-refractivity contribution in [3.8, 4) is 6.07 Å².